The van der Waals surface area contributed by atoms with Crippen molar-refractivity contribution >= 4 is 15.9 Å². The number of aromatic nitrogens is 2. The van der Waals surface area contributed by atoms with E-state index in [9.17, 15) is 12.3 Å². The number of unbranched alkanes of at least 4 members (excludes halogenated alkanes) is 1. The zero-order chi connectivity index (χ0) is 13.3. The molecule has 0 spiro atoms. The summed E-state index contributed by atoms with van der Waals surface area (Å²) < 4.78 is 37.2. The van der Waals surface area contributed by atoms with Gasteiger partial charge in [0.2, 0.25) is 0 Å². The Morgan fingerprint density at radius 3 is 2.78 bits per heavy atom. The van der Waals surface area contributed by atoms with Gasteiger partial charge in [0.15, 0.2) is 5.03 Å². The molecule has 6 heteroatoms. The first kappa shape index (κ1) is 13.0. The van der Waals surface area contributed by atoms with Crippen molar-refractivity contribution in [3.63, 3.8) is 0 Å². The molecule has 0 aliphatic heterocycles. The summed E-state index contributed by atoms with van der Waals surface area (Å²) in [6.07, 6.45) is 3.69. The van der Waals surface area contributed by atoms with Gasteiger partial charge in [0.25, 0.3) is 0 Å². The quantitative estimate of drug-likeness (QED) is 0.802. The van der Waals surface area contributed by atoms with Crippen molar-refractivity contribution in [2.45, 2.75) is 38.1 Å². The largest absolute Gasteiger partial charge is 0.350 e. The molecule has 0 N–H and O–H groups in total. The first-order valence-corrected chi connectivity index (χ1v) is 7.24. The van der Waals surface area contributed by atoms with Crippen molar-refractivity contribution in [1.29, 1.82) is 0 Å². The average Bonchev–Trinajstić information content (AvgIpc) is 2.63. The van der Waals surface area contributed by atoms with Crippen LogP contribution in [0.2, 0.25) is 0 Å². The van der Waals surface area contributed by atoms with E-state index in [-0.39, 0.29) is 5.03 Å². The molecule has 0 saturated heterocycles. The van der Waals surface area contributed by atoms with Gasteiger partial charge >= 0.3 is 10.2 Å². The number of hydrogen-bond donors (Lipinski definition) is 0. The number of hydrogen-bond acceptors (Lipinski definition) is 3. The van der Waals surface area contributed by atoms with E-state index in [1.165, 1.54) is 4.40 Å². The molecule has 0 aliphatic carbocycles. The van der Waals surface area contributed by atoms with Crippen molar-refractivity contribution in [3.8, 4) is 0 Å². The maximum absolute atomic E-state index is 13.4. The van der Waals surface area contributed by atoms with Gasteiger partial charge in [-0.2, -0.15) is 8.42 Å². The highest BCUT2D eigenvalue weighted by Gasteiger charge is 2.24. The SMILES string of the molecule is CCCCc1nc2cc(C)ccn2c1S(=O)(=O)F. The van der Waals surface area contributed by atoms with Gasteiger partial charge < -0.3 is 0 Å². The van der Waals surface area contributed by atoms with Gasteiger partial charge in [-0.15, -0.1) is 0 Å². The van der Waals surface area contributed by atoms with Crippen LogP contribution in [0.25, 0.3) is 5.65 Å². The fraction of sp³-hybridized carbons (Fsp3) is 0.417. The van der Waals surface area contributed by atoms with E-state index in [2.05, 4.69) is 4.98 Å². The van der Waals surface area contributed by atoms with E-state index >= 15 is 0 Å². The molecular formula is C12H15FN2O2S. The molecule has 0 aliphatic rings. The van der Waals surface area contributed by atoms with Crippen LogP contribution in [0.15, 0.2) is 23.4 Å². The molecule has 2 heterocycles. The number of pyridine rings is 1. The molecule has 2 rings (SSSR count). The molecule has 0 unspecified atom stereocenters. The topological polar surface area (TPSA) is 51.4 Å². The van der Waals surface area contributed by atoms with Crippen LogP contribution in [0.5, 0.6) is 0 Å². The first-order chi connectivity index (χ1) is 8.43. The zero-order valence-corrected chi connectivity index (χ0v) is 11.2. The van der Waals surface area contributed by atoms with Crippen LogP contribution in [-0.4, -0.2) is 17.8 Å². The smallest absolute Gasteiger partial charge is 0.288 e. The third kappa shape index (κ3) is 2.38. The molecule has 18 heavy (non-hydrogen) atoms. The molecule has 0 bridgehead atoms. The Morgan fingerprint density at radius 2 is 2.17 bits per heavy atom. The summed E-state index contributed by atoms with van der Waals surface area (Å²) >= 11 is 0. The predicted octanol–water partition coefficient (Wildman–Crippen LogP) is 2.64. The molecule has 0 amide bonds. The Bertz CT molecular complexity index is 677. The number of rotatable bonds is 4. The van der Waals surface area contributed by atoms with E-state index in [0.29, 0.717) is 17.8 Å². The molecule has 0 aromatic carbocycles. The zero-order valence-electron chi connectivity index (χ0n) is 10.4. The highest BCUT2D eigenvalue weighted by Crippen LogP contribution is 2.22. The standard InChI is InChI=1S/C12H15FN2O2S/c1-3-4-5-10-12(18(13,16)17)15-7-6-9(2)8-11(15)14-10/h6-8H,3-5H2,1-2H3. The number of imidazole rings is 1. The predicted molar refractivity (Wildman–Crippen MR) is 66.8 cm³/mol. The third-order valence-electron chi connectivity index (χ3n) is 2.80. The van der Waals surface area contributed by atoms with Gasteiger partial charge in [0.05, 0.1) is 5.69 Å². The fourth-order valence-corrected chi connectivity index (χ4v) is 2.76. The Balaban J connectivity index is 2.68. The minimum atomic E-state index is -4.76. The third-order valence-corrected chi connectivity index (χ3v) is 3.70. The second-order valence-corrected chi connectivity index (χ2v) is 5.60. The second-order valence-electron chi connectivity index (χ2n) is 4.34. The van der Waals surface area contributed by atoms with Crippen molar-refractivity contribution in [2.24, 2.45) is 0 Å². The molecule has 2 aromatic rings. The minimum absolute atomic E-state index is 0.310. The number of halogens is 1. The van der Waals surface area contributed by atoms with Crippen LogP contribution in [0.1, 0.15) is 31.0 Å². The van der Waals surface area contributed by atoms with Crippen molar-refractivity contribution in [3.05, 3.63) is 29.6 Å². The Kier molecular flexibility index (Phi) is 3.38. The van der Waals surface area contributed by atoms with Gasteiger partial charge in [-0.1, -0.05) is 17.2 Å². The summed E-state index contributed by atoms with van der Waals surface area (Å²) in [5, 5.41) is -0.328. The first-order valence-electron chi connectivity index (χ1n) is 5.85. The molecular weight excluding hydrogens is 255 g/mol. The van der Waals surface area contributed by atoms with Crippen molar-refractivity contribution < 1.29 is 12.3 Å². The Morgan fingerprint density at radius 1 is 1.44 bits per heavy atom. The molecule has 0 saturated carbocycles. The maximum atomic E-state index is 13.4. The summed E-state index contributed by atoms with van der Waals surface area (Å²) in [5.41, 5.74) is 1.74. The van der Waals surface area contributed by atoms with E-state index in [0.717, 1.165) is 18.4 Å². The lowest BCUT2D eigenvalue weighted by atomic mass is 10.2. The lowest BCUT2D eigenvalue weighted by Crippen LogP contribution is -2.02. The Hall–Kier alpha value is -1.43. The van der Waals surface area contributed by atoms with Crippen LogP contribution in [0.3, 0.4) is 0 Å². The van der Waals surface area contributed by atoms with Crippen LogP contribution in [0, 0.1) is 6.92 Å². The summed E-state index contributed by atoms with van der Waals surface area (Å²) in [5.74, 6) is 0. The van der Waals surface area contributed by atoms with E-state index < -0.39 is 10.2 Å². The van der Waals surface area contributed by atoms with Gasteiger partial charge in [-0.3, -0.25) is 4.40 Å². The van der Waals surface area contributed by atoms with Gasteiger partial charge in [-0.05, 0) is 37.5 Å². The molecule has 4 nitrogen and oxygen atoms in total. The van der Waals surface area contributed by atoms with Crippen LogP contribution < -0.4 is 0 Å². The molecule has 98 valence electrons. The van der Waals surface area contributed by atoms with Gasteiger partial charge in [0, 0.05) is 6.20 Å². The lowest BCUT2D eigenvalue weighted by Gasteiger charge is -2.00. The molecule has 0 fully saturated rings. The van der Waals surface area contributed by atoms with Crippen LogP contribution in [0.4, 0.5) is 3.89 Å². The van der Waals surface area contributed by atoms with E-state index in [1.54, 1.807) is 18.3 Å². The summed E-state index contributed by atoms with van der Waals surface area (Å²) in [7, 11) is -4.76. The van der Waals surface area contributed by atoms with Gasteiger partial charge in [-0.25, -0.2) is 4.98 Å². The monoisotopic (exact) mass is 270 g/mol. The fourth-order valence-electron chi connectivity index (χ4n) is 1.94. The van der Waals surface area contributed by atoms with E-state index in [4.69, 9.17) is 0 Å². The normalized spacial score (nSPS) is 12.2. The van der Waals surface area contributed by atoms with E-state index in [1.807, 2.05) is 13.8 Å². The van der Waals surface area contributed by atoms with Crippen molar-refractivity contribution in [2.75, 3.05) is 0 Å². The summed E-state index contributed by atoms with van der Waals surface area (Å²) in [6, 6.07) is 3.47. The van der Waals surface area contributed by atoms with Crippen LogP contribution in [-0.2, 0) is 16.6 Å². The highest BCUT2D eigenvalue weighted by atomic mass is 32.3. The Labute approximate surface area is 106 Å². The second kappa shape index (κ2) is 4.68. The number of fused-ring (bicyclic) bond motifs is 1. The van der Waals surface area contributed by atoms with Crippen LogP contribution >= 0.6 is 0 Å². The number of nitrogens with zero attached hydrogens (tertiary/aromatic N) is 2. The molecule has 0 radical (unpaired) electrons. The van der Waals surface area contributed by atoms with Crippen molar-refractivity contribution in [1.82, 2.24) is 9.38 Å². The number of aryl methyl sites for hydroxylation is 2. The highest BCUT2D eigenvalue weighted by molar-refractivity contribution is 7.86. The minimum Gasteiger partial charge on any atom is -0.288 e. The summed E-state index contributed by atoms with van der Waals surface area (Å²) in [4.78, 5) is 4.22. The average molecular weight is 270 g/mol. The molecule has 2 aromatic heterocycles. The lowest BCUT2D eigenvalue weighted by molar-refractivity contribution is 0.544. The summed E-state index contributed by atoms with van der Waals surface area (Å²) in [6.45, 7) is 3.87. The van der Waals surface area contributed by atoms with Gasteiger partial charge in [0.1, 0.15) is 5.65 Å². The molecule has 0 atom stereocenters. The maximum Gasteiger partial charge on any atom is 0.350 e.